The number of amides is 2. The highest BCUT2D eigenvalue weighted by Crippen LogP contribution is 2.30. The number of fused-ring (bicyclic) bond motifs is 1. The largest absolute Gasteiger partial charge is 0.321 e. The summed E-state index contributed by atoms with van der Waals surface area (Å²) < 4.78 is 0.955. The van der Waals surface area contributed by atoms with Gasteiger partial charge >= 0.3 is 0 Å². The van der Waals surface area contributed by atoms with Crippen molar-refractivity contribution in [3.05, 3.63) is 47.5 Å². The molecule has 1 aliphatic rings. The first-order chi connectivity index (χ1) is 15.2. The molecule has 0 unspecified atom stereocenters. The quantitative estimate of drug-likeness (QED) is 0.372. The number of aromatic amines is 1. The number of nitrogens with zero attached hydrogens (tertiary/aromatic N) is 2. The number of benzene rings is 1. The van der Waals surface area contributed by atoms with Gasteiger partial charge in [-0.05, 0) is 48.6 Å². The van der Waals surface area contributed by atoms with Gasteiger partial charge in [-0.3, -0.25) is 14.7 Å². The summed E-state index contributed by atoms with van der Waals surface area (Å²) in [6.45, 7) is 0. The molecule has 2 amide bonds. The summed E-state index contributed by atoms with van der Waals surface area (Å²) in [6.07, 6.45) is 5.35. The Balaban J connectivity index is 1.27. The fourth-order valence-electron chi connectivity index (χ4n) is 3.82. The topological polar surface area (TPSA) is 99.8 Å². The number of hydrogen-bond donors (Lipinski definition) is 3. The van der Waals surface area contributed by atoms with Crippen LogP contribution < -0.4 is 10.6 Å². The fraction of sp³-hybridized carbons (Fsp3) is 0.273. The van der Waals surface area contributed by atoms with E-state index in [-0.39, 0.29) is 17.7 Å². The number of carbonyl (C=O) groups is 2. The van der Waals surface area contributed by atoms with E-state index in [1.165, 1.54) is 17.8 Å². The molecule has 3 aromatic heterocycles. The number of nitrogens with one attached hydrogen (secondary N) is 3. The summed E-state index contributed by atoms with van der Waals surface area (Å²) in [4.78, 5) is 30.7. The maximum Gasteiger partial charge on any atom is 0.276 e. The minimum Gasteiger partial charge on any atom is -0.321 e. The monoisotopic (exact) mass is 451 g/mol. The molecule has 9 heteroatoms. The van der Waals surface area contributed by atoms with Gasteiger partial charge in [0.05, 0.1) is 20.8 Å². The molecule has 1 saturated carbocycles. The van der Waals surface area contributed by atoms with Gasteiger partial charge in [0.25, 0.3) is 5.91 Å². The van der Waals surface area contributed by atoms with E-state index in [4.69, 9.17) is 0 Å². The fourth-order valence-corrected chi connectivity index (χ4v) is 5.36. The lowest BCUT2D eigenvalue weighted by atomic mass is 9.89. The van der Waals surface area contributed by atoms with Gasteiger partial charge in [-0.1, -0.05) is 36.7 Å². The van der Waals surface area contributed by atoms with E-state index in [1.54, 1.807) is 17.4 Å². The van der Waals surface area contributed by atoms with Crippen molar-refractivity contribution in [1.82, 2.24) is 15.2 Å². The highest BCUT2D eigenvalue weighted by Gasteiger charge is 2.22. The average molecular weight is 452 g/mol. The number of hydrogen-bond acceptors (Lipinski definition) is 6. The van der Waals surface area contributed by atoms with E-state index in [0.29, 0.717) is 16.5 Å². The zero-order valence-corrected chi connectivity index (χ0v) is 18.3. The first-order valence-electron chi connectivity index (χ1n) is 10.3. The van der Waals surface area contributed by atoms with Gasteiger partial charge in [-0.15, -0.1) is 11.3 Å². The predicted octanol–water partition coefficient (Wildman–Crippen LogP) is 5.52. The molecule has 0 atom stereocenters. The van der Waals surface area contributed by atoms with Gasteiger partial charge in [0.2, 0.25) is 5.91 Å². The van der Waals surface area contributed by atoms with Gasteiger partial charge in [-0.2, -0.15) is 5.10 Å². The van der Waals surface area contributed by atoms with Crippen LogP contribution in [0.4, 0.5) is 10.8 Å². The van der Waals surface area contributed by atoms with Crippen LogP contribution in [0.3, 0.4) is 0 Å². The van der Waals surface area contributed by atoms with Crippen molar-refractivity contribution in [3.63, 3.8) is 0 Å². The summed E-state index contributed by atoms with van der Waals surface area (Å²) >= 11 is 3.03. The van der Waals surface area contributed by atoms with E-state index < -0.39 is 0 Å². The average Bonchev–Trinajstić information content (AvgIpc) is 3.53. The summed E-state index contributed by atoms with van der Waals surface area (Å²) in [7, 11) is 0. The summed E-state index contributed by atoms with van der Waals surface area (Å²) in [5.74, 6) is -0.143. The number of H-pyrrole nitrogens is 1. The number of aromatic nitrogens is 3. The van der Waals surface area contributed by atoms with Crippen molar-refractivity contribution in [2.45, 2.75) is 32.1 Å². The minimum absolute atomic E-state index is 0.0624. The molecule has 7 nitrogen and oxygen atoms in total. The molecule has 158 valence electrons. The smallest absolute Gasteiger partial charge is 0.276 e. The van der Waals surface area contributed by atoms with E-state index in [0.717, 1.165) is 46.5 Å². The summed E-state index contributed by atoms with van der Waals surface area (Å²) in [5, 5.41) is 15.4. The first kappa shape index (κ1) is 19.9. The second-order valence-electron chi connectivity index (χ2n) is 7.62. The second-order valence-corrected chi connectivity index (χ2v) is 9.60. The van der Waals surface area contributed by atoms with Gasteiger partial charge < -0.3 is 10.6 Å². The lowest BCUT2D eigenvalue weighted by molar-refractivity contribution is -0.120. The second kappa shape index (κ2) is 8.60. The SMILES string of the molecule is O=C(Nc1ccc2sc(NC(=O)C3CCCCC3)nc2c1)c1cc(-c2cccs2)[nH]n1. The molecule has 31 heavy (non-hydrogen) atoms. The van der Waals surface area contributed by atoms with Crippen molar-refractivity contribution in [3.8, 4) is 10.6 Å². The molecule has 3 heterocycles. The Kier molecular flexibility index (Phi) is 5.52. The van der Waals surface area contributed by atoms with Gasteiger partial charge in [-0.25, -0.2) is 4.98 Å². The first-order valence-corrected chi connectivity index (χ1v) is 12.0. The molecule has 0 aliphatic heterocycles. The molecule has 1 aliphatic carbocycles. The number of rotatable bonds is 5. The molecule has 0 bridgehead atoms. The third-order valence-corrected chi connectivity index (χ3v) is 7.30. The van der Waals surface area contributed by atoms with Crippen molar-refractivity contribution in [1.29, 1.82) is 0 Å². The molecule has 3 N–H and O–H groups in total. The Labute approximate surface area is 186 Å². The molecule has 5 rings (SSSR count). The van der Waals surface area contributed by atoms with Crippen LogP contribution in [0.2, 0.25) is 0 Å². The lowest BCUT2D eigenvalue weighted by Crippen LogP contribution is -2.24. The Morgan fingerprint density at radius 2 is 1.94 bits per heavy atom. The predicted molar refractivity (Wildman–Crippen MR) is 125 cm³/mol. The van der Waals surface area contributed by atoms with E-state index in [1.807, 2.05) is 35.7 Å². The third kappa shape index (κ3) is 4.38. The van der Waals surface area contributed by atoms with Crippen LogP contribution in [0.1, 0.15) is 42.6 Å². The van der Waals surface area contributed by atoms with Gasteiger partial charge in [0.1, 0.15) is 0 Å². The van der Waals surface area contributed by atoms with Crippen LogP contribution in [-0.2, 0) is 4.79 Å². The van der Waals surface area contributed by atoms with Crippen molar-refractivity contribution < 1.29 is 9.59 Å². The molecule has 1 fully saturated rings. The van der Waals surface area contributed by atoms with E-state index in [2.05, 4.69) is 25.8 Å². The third-order valence-electron chi connectivity index (χ3n) is 5.45. The molecule has 0 spiro atoms. The lowest BCUT2D eigenvalue weighted by Gasteiger charge is -2.19. The van der Waals surface area contributed by atoms with Crippen LogP contribution in [0.15, 0.2) is 41.8 Å². The molecule has 0 saturated heterocycles. The Hall–Kier alpha value is -3.04. The van der Waals surface area contributed by atoms with Gasteiger partial charge in [0.15, 0.2) is 10.8 Å². The molecule has 1 aromatic carbocycles. The van der Waals surface area contributed by atoms with Crippen LogP contribution in [0.5, 0.6) is 0 Å². The van der Waals surface area contributed by atoms with Crippen LogP contribution in [0, 0.1) is 5.92 Å². The van der Waals surface area contributed by atoms with Crippen LogP contribution in [-0.4, -0.2) is 27.0 Å². The normalized spacial score (nSPS) is 14.6. The zero-order valence-electron chi connectivity index (χ0n) is 16.7. The molecule has 4 aromatic rings. The van der Waals surface area contributed by atoms with E-state index in [9.17, 15) is 9.59 Å². The van der Waals surface area contributed by atoms with Gasteiger partial charge in [0, 0.05) is 11.6 Å². The zero-order chi connectivity index (χ0) is 21.2. The molecule has 0 radical (unpaired) electrons. The number of thiazole rings is 1. The summed E-state index contributed by atoms with van der Waals surface area (Å²) in [6, 6.07) is 11.2. The Bertz CT molecular complexity index is 1220. The minimum atomic E-state index is -0.292. The molecular weight excluding hydrogens is 430 g/mol. The van der Waals surface area contributed by atoms with Crippen LogP contribution in [0.25, 0.3) is 20.8 Å². The van der Waals surface area contributed by atoms with Crippen molar-refractivity contribution in [2.75, 3.05) is 10.6 Å². The number of carbonyl (C=O) groups excluding carboxylic acids is 2. The van der Waals surface area contributed by atoms with Crippen molar-refractivity contribution in [2.24, 2.45) is 5.92 Å². The van der Waals surface area contributed by atoms with Crippen molar-refractivity contribution >= 4 is 55.5 Å². The highest BCUT2D eigenvalue weighted by molar-refractivity contribution is 7.22. The Morgan fingerprint density at radius 1 is 1.06 bits per heavy atom. The summed E-state index contributed by atoms with van der Waals surface area (Å²) in [5.41, 5.74) is 2.51. The van der Waals surface area contributed by atoms with Crippen LogP contribution >= 0.6 is 22.7 Å². The highest BCUT2D eigenvalue weighted by atomic mass is 32.1. The van der Waals surface area contributed by atoms with E-state index >= 15 is 0 Å². The molecular formula is C22H21N5O2S2. The maximum atomic E-state index is 12.6. The number of anilines is 2. The standard InChI is InChI=1S/C22H21N5O2S2/c28-20(13-5-2-1-3-6-13)25-22-24-15-11-14(8-9-19(15)31-22)23-21(29)17-12-16(26-27-17)18-7-4-10-30-18/h4,7-13H,1-3,5-6H2,(H,23,29)(H,26,27)(H,24,25,28). The number of thiophene rings is 1. The maximum absolute atomic E-state index is 12.6. The Morgan fingerprint density at radius 3 is 2.74 bits per heavy atom.